The summed E-state index contributed by atoms with van der Waals surface area (Å²) < 4.78 is 0.979. The van der Waals surface area contributed by atoms with E-state index in [0.717, 1.165) is 28.4 Å². The summed E-state index contributed by atoms with van der Waals surface area (Å²) in [6.07, 6.45) is 2.77. The van der Waals surface area contributed by atoms with E-state index in [-0.39, 0.29) is 11.9 Å². The lowest BCUT2D eigenvalue weighted by Gasteiger charge is -2.31. The molecule has 0 radical (unpaired) electrons. The van der Waals surface area contributed by atoms with E-state index in [1.807, 2.05) is 32.2 Å². The summed E-state index contributed by atoms with van der Waals surface area (Å²) in [6.45, 7) is 1.94. The molecule has 1 amide bonds. The molecule has 19 heavy (non-hydrogen) atoms. The normalized spacial score (nSPS) is 16.5. The molecular weight excluding hydrogens is 306 g/mol. The number of rotatable bonds is 2. The first kappa shape index (κ1) is 14.3. The highest BCUT2D eigenvalue weighted by atomic mass is 79.9. The predicted molar refractivity (Wildman–Crippen MR) is 78.2 cm³/mol. The summed E-state index contributed by atoms with van der Waals surface area (Å²) in [5.41, 5.74) is 1.71. The lowest BCUT2D eigenvalue weighted by atomic mass is 9.93. The molecule has 0 bridgehead atoms. The third-order valence-corrected chi connectivity index (χ3v) is 4.29. The standard InChI is InChI=1S/C15H18BrNO2/c1-10-9-11(16)3-8-14(10)15(19)17(2)12-4-6-13(18)7-5-12/h3,8-9,12H,4-7H2,1-2H3. The molecule has 4 heteroatoms. The molecule has 0 spiro atoms. The van der Waals surface area contributed by atoms with Gasteiger partial charge in [0.25, 0.3) is 5.91 Å². The van der Waals surface area contributed by atoms with Crippen molar-refractivity contribution in [3.63, 3.8) is 0 Å². The van der Waals surface area contributed by atoms with Crippen LogP contribution in [-0.2, 0) is 4.79 Å². The first-order chi connectivity index (χ1) is 8.99. The molecule has 1 aliphatic carbocycles. The van der Waals surface area contributed by atoms with Crippen molar-refractivity contribution in [1.82, 2.24) is 4.90 Å². The zero-order chi connectivity index (χ0) is 14.0. The van der Waals surface area contributed by atoms with Crippen LogP contribution in [0.2, 0.25) is 0 Å². The van der Waals surface area contributed by atoms with Gasteiger partial charge >= 0.3 is 0 Å². The van der Waals surface area contributed by atoms with Crippen LogP contribution in [-0.4, -0.2) is 29.7 Å². The van der Waals surface area contributed by atoms with Gasteiger partial charge in [0, 0.05) is 36.0 Å². The number of hydrogen-bond donors (Lipinski definition) is 0. The lowest BCUT2D eigenvalue weighted by molar-refractivity contribution is -0.121. The molecule has 0 N–H and O–H groups in total. The van der Waals surface area contributed by atoms with Crippen LogP contribution in [0.5, 0.6) is 0 Å². The molecule has 1 aromatic carbocycles. The van der Waals surface area contributed by atoms with Gasteiger partial charge in [-0.05, 0) is 43.5 Å². The number of hydrogen-bond acceptors (Lipinski definition) is 2. The fourth-order valence-electron chi connectivity index (χ4n) is 2.53. The number of ketones is 1. The summed E-state index contributed by atoms with van der Waals surface area (Å²) in [5.74, 6) is 0.362. The smallest absolute Gasteiger partial charge is 0.254 e. The SMILES string of the molecule is Cc1cc(Br)ccc1C(=O)N(C)C1CCC(=O)CC1. The van der Waals surface area contributed by atoms with Gasteiger partial charge in [-0.2, -0.15) is 0 Å². The molecule has 2 rings (SSSR count). The van der Waals surface area contributed by atoms with Crippen molar-refractivity contribution < 1.29 is 9.59 Å². The van der Waals surface area contributed by atoms with Crippen LogP contribution in [0.3, 0.4) is 0 Å². The summed E-state index contributed by atoms with van der Waals surface area (Å²) in [7, 11) is 1.84. The molecule has 1 saturated carbocycles. The number of amides is 1. The largest absolute Gasteiger partial charge is 0.339 e. The van der Waals surface area contributed by atoms with Gasteiger partial charge in [-0.15, -0.1) is 0 Å². The molecule has 0 aliphatic heterocycles. The highest BCUT2D eigenvalue weighted by molar-refractivity contribution is 9.10. The minimum atomic E-state index is 0.0457. The second-order valence-electron chi connectivity index (χ2n) is 5.15. The second-order valence-corrected chi connectivity index (χ2v) is 6.06. The average Bonchev–Trinajstić information content (AvgIpc) is 2.38. The van der Waals surface area contributed by atoms with Crippen LogP contribution in [0.4, 0.5) is 0 Å². The zero-order valence-electron chi connectivity index (χ0n) is 11.3. The molecule has 3 nitrogen and oxygen atoms in total. The zero-order valence-corrected chi connectivity index (χ0v) is 12.9. The van der Waals surface area contributed by atoms with Crippen molar-refractivity contribution in [2.45, 2.75) is 38.6 Å². The van der Waals surface area contributed by atoms with Gasteiger partial charge in [-0.25, -0.2) is 0 Å². The van der Waals surface area contributed by atoms with Crippen molar-refractivity contribution in [3.05, 3.63) is 33.8 Å². The molecule has 1 fully saturated rings. The summed E-state index contributed by atoms with van der Waals surface area (Å²) in [6, 6.07) is 5.88. The Morgan fingerprint density at radius 3 is 2.53 bits per heavy atom. The number of halogens is 1. The van der Waals surface area contributed by atoms with E-state index in [4.69, 9.17) is 0 Å². The quantitative estimate of drug-likeness (QED) is 0.837. The summed E-state index contributed by atoms with van der Waals surface area (Å²) in [4.78, 5) is 25.5. The van der Waals surface area contributed by atoms with Gasteiger partial charge in [-0.1, -0.05) is 15.9 Å². The molecule has 1 aromatic rings. The van der Waals surface area contributed by atoms with E-state index in [9.17, 15) is 9.59 Å². The van der Waals surface area contributed by atoms with Gasteiger partial charge in [-0.3, -0.25) is 9.59 Å². The van der Waals surface area contributed by atoms with Gasteiger partial charge in [0.15, 0.2) is 0 Å². The van der Waals surface area contributed by atoms with E-state index in [1.54, 1.807) is 4.90 Å². The minimum absolute atomic E-state index is 0.0457. The molecule has 102 valence electrons. The Bertz CT molecular complexity index is 503. The van der Waals surface area contributed by atoms with E-state index in [2.05, 4.69) is 15.9 Å². The lowest BCUT2D eigenvalue weighted by Crippen LogP contribution is -2.39. The highest BCUT2D eigenvalue weighted by Gasteiger charge is 2.26. The molecule has 1 aliphatic rings. The Kier molecular flexibility index (Phi) is 4.40. The Morgan fingerprint density at radius 1 is 1.32 bits per heavy atom. The number of benzene rings is 1. The van der Waals surface area contributed by atoms with Crippen LogP contribution in [0.15, 0.2) is 22.7 Å². The number of nitrogens with zero attached hydrogens (tertiary/aromatic N) is 1. The minimum Gasteiger partial charge on any atom is -0.339 e. The van der Waals surface area contributed by atoms with E-state index >= 15 is 0 Å². The Labute approximate surface area is 122 Å². The monoisotopic (exact) mass is 323 g/mol. The average molecular weight is 324 g/mol. The maximum atomic E-state index is 12.5. The van der Waals surface area contributed by atoms with Crippen LogP contribution in [0.1, 0.15) is 41.6 Å². The van der Waals surface area contributed by atoms with Gasteiger partial charge in [0.1, 0.15) is 5.78 Å². The van der Waals surface area contributed by atoms with Gasteiger partial charge < -0.3 is 4.90 Å². The molecular formula is C15H18BrNO2. The molecule has 0 unspecified atom stereocenters. The number of carbonyl (C=O) groups excluding carboxylic acids is 2. The molecule has 0 saturated heterocycles. The first-order valence-corrected chi connectivity index (χ1v) is 7.33. The maximum absolute atomic E-state index is 12.5. The Hall–Kier alpha value is -1.16. The predicted octanol–water partition coefficient (Wildman–Crippen LogP) is 3.34. The number of aryl methyl sites for hydroxylation is 1. The van der Waals surface area contributed by atoms with Crippen molar-refractivity contribution in [2.24, 2.45) is 0 Å². The van der Waals surface area contributed by atoms with Crippen molar-refractivity contribution in [1.29, 1.82) is 0 Å². The van der Waals surface area contributed by atoms with Crippen LogP contribution in [0.25, 0.3) is 0 Å². The number of Topliss-reactive ketones (excluding diaryl/α,β-unsaturated/α-hetero) is 1. The summed E-state index contributed by atoms with van der Waals surface area (Å²) >= 11 is 3.40. The molecule has 0 heterocycles. The third-order valence-electron chi connectivity index (χ3n) is 3.80. The number of carbonyl (C=O) groups is 2. The third kappa shape index (κ3) is 3.24. The fourth-order valence-corrected chi connectivity index (χ4v) is 3.01. The van der Waals surface area contributed by atoms with E-state index < -0.39 is 0 Å². The molecule has 0 aromatic heterocycles. The summed E-state index contributed by atoms with van der Waals surface area (Å²) in [5, 5.41) is 0. The topological polar surface area (TPSA) is 37.4 Å². The Balaban J connectivity index is 2.12. The van der Waals surface area contributed by atoms with Crippen molar-refractivity contribution in [3.8, 4) is 0 Å². The fraction of sp³-hybridized carbons (Fsp3) is 0.467. The van der Waals surface area contributed by atoms with Crippen LogP contribution < -0.4 is 0 Å². The van der Waals surface area contributed by atoms with Gasteiger partial charge in [0.2, 0.25) is 0 Å². The highest BCUT2D eigenvalue weighted by Crippen LogP contribution is 2.23. The second kappa shape index (κ2) is 5.87. The van der Waals surface area contributed by atoms with Crippen LogP contribution in [0, 0.1) is 6.92 Å². The van der Waals surface area contributed by atoms with E-state index in [0.29, 0.717) is 18.6 Å². The maximum Gasteiger partial charge on any atom is 0.254 e. The van der Waals surface area contributed by atoms with Crippen molar-refractivity contribution in [2.75, 3.05) is 7.05 Å². The first-order valence-electron chi connectivity index (χ1n) is 6.54. The van der Waals surface area contributed by atoms with Gasteiger partial charge in [0.05, 0.1) is 0 Å². The van der Waals surface area contributed by atoms with Crippen LogP contribution >= 0.6 is 15.9 Å². The molecule has 0 atom stereocenters. The Morgan fingerprint density at radius 2 is 1.95 bits per heavy atom. The van der Waals surface area contributed by atoms with E-state index in [1.165, 1.54) is 0 Å². The van der Waals surface area contributed by atoms with Crippen molar-refractivity contribution >= 4 is 27.6 Å².